The largest absolute Gasteiger partial charge is 0.497 e. The van der Waals surface area contributed by atoms with E-state index < -0.39 is 0 Å². The Hall–Kier alpha value is -1.22. The summed E-state index contributed by atoms with van der Waals surface area (Å²) >= 11 is 0. The van der Waals surface area contributed by atoms with Crippen LogP contribution in [0.15, 0.2) is 24.3 Å². The van der Waals surface area contributed by atoms with Crippen LogP contribution in [0.2, 0.25) is 0 Å². The molecule has 1 atom stereocenters. The first kappa shape index (κ1) is 13.2. The molecule has 0 radical (unpaired) electrons. The second kappa shape index (κ2) is 5.19. The summed E-state index contributed by atoms with van der Waals surface area (Å²) in [6.45, 7) is 2.95. The monoisotopic (exact) mass is 248 g/mol. The van der Waals surface area contributed by atoms with Gasteiger partial charge in [0.2, 0.25) is 0 Å². The van der Waals surface area contributed by atoms with Gasteiger partial charge in [0.25, 0.3) is 0 Å². The van der Waals surface area contributed by atoms with Crippen LogP contribution in [0.3, 0.4) is 0 Å². The fourth-order valence-corrected chi connectivity index (χ4v) is 2.94. The van der Waals surface area contributed by atoms with Gasteiger partial charge in [0, 0.05) is 25.3 Å². The predicted molar refractivity (Wildman–Crippen MR) is 76.2 cm³/mol. The van der Waals surface area contributed by atoms with Gasteiger partial charge in [0.15, 0.2) is 0 Å². The highest BCUT2D eigenvalue weighted by molar-refractivity contribution is 5.53. The van der Waals surface area contributed by atoms with Crippen molar-refractivity contribution in [3.63, 3.8) is 0 Å². The maximum absolute atomic E-state index is 6.10. The number of likely N-dealkylation sites (N-methyl/N-ethyl adjacent to an activating group) is 1. The predicted octanol–water partition coefficient (Wildman–Crippen LogP) is 2.65. The Morgan fingerprint density at radius 3 is 2.67 bits per heavy atom. The molecule has 2 N–H and O–H groups in total. The van der Waals surface area contributed by atoms with Crippen LogP contribution in [0, 0.1) is 5.92 Å². The number of hydrogen-bond acceptors (Lipinski definition) is 3. The number of ether oxygens (including phenoxy) is 1. The average molecular weight is 248 g/mol. The van der Waals surface area contributed by atoms with E-state index in [0.29, 0.717) is 6.54 Å². The zero-order chi connectivity index (χ0) is 13.2. The van der Waals surface area contributed by atoms with Gasteiger partial charge in [-0.05, 0) is 37.3 Å². The minimum absolute atomic E-state index is 0.104. The smallest absolute Gasteiger partial charge is 0.120 e. The summed E-state index contributed by atoms with van der Waals surface area (Å²) in [7, 11) is 3.86. The van der Waals surface area contributed by atoms with E-state index >= 15 is 0 Å². The zero-order valence-corrected chi connectivity index (χ0v) is 11.6. The zero-order valence-electron chi connectivity index (χ0n) is 11.6. The van der Waals surface area contributed by atoms with E-state index in [4.69, 9.17) is 10.5 Å². The van der Waals surface area contributed by atoms with E-state index in [0.717, 1.165) is 18.1 Å². The molecule has 0 saturated heterocycles. The van der Waals surface area contributed by atoms with Crippen molar-refractivity contribution in [2.24, 2.45) is 11.7 Å². The Labute approximate surface area is 110 Å². The summed E-state index contributed by atoms with van der Waals surface area (Å²) in [5, 5.41) is 0. The first-order valence-electron chi connectivity index (χ1n) is 6.76. The number of hydrogen-bond donors (Lipinski definition) is 1. The molecule has 0 aliphatic heterocycles. The van der Waals surface area contributed by atoms with Gasteiger partial charge >= 0.3 is 0 Å². The van der Waals surface area contributed by atoms with Crippen LogP contribution in [0.5, 0.6) is 5.75 Å². The van der Waals surface area contributed by atoms with Crippen LogP contribution in [0.4, 0.5) is 5.69 Å². The van der Waals surface area contributed by atoms with Gasteiger partial charge in [0.1, 0.15) is 5.75 Å². The van der Waals surface area contributed by atoms with Gasteiger partial charge in [-0.15, -0.1) is 0 Å². The summed E-state index contributed by atoms with van der Waals surface area (Å²) < 4.78 is 5.30. The normalized spacial score (nSPS) is 18.2. The fraction of sp³-hybridized carbons (Fsp3) is 0.600. The third-order valence-electron chi connectivity index (χ3n) is 4.41. The van der Waals surface area contributed by atoms with E-state index in [1.807, 2.05) is 12.1 Å². The van der Waals surface area contributed by atoms with Gasteiger partial charge in [-0.3, -0.25) is 0 Å². The summed E-state index contributed by atoms with van der Waals surface area (Å²) in [6, 6.07) is 8.23. The SMILES string of the molecule is CCC(CN)(C1CC1)N(C)c1cccc(OC)c1. The standard InChI is InChI=1S/C15H24N2O/c1-4-15(11-16,12-8-9-12)17(2)13-6-5-7-14(10-13)18-3/h5-7,10,12H,4,8-9,11,16H2,1-3H3. The molecule has 0 spiro atoms. The first-order chi connectivity index (χ1) is 8.67. The van der Waals surface area contributed by atoms with Crippen LogP contribution in [-0.2, 0) is 0 Å². The van der Waals surface area contributed by atoms with Crippen molar-refractivity contribution < 1.29 is 4.74 Å². The third-order valence-corrected chi connectivity index (χ3v) is 4.41. The van der Waals surface area contributed by atoms with Crippen LogP contribution in [0.1, 0.15) is 26.2 Å². The average Bonchev–Trinajstić information content (AvgIpc) is 3.26. The lowest BCUT2D eigenvalue weighted by atomic mass is 9.88. The molecule has 1 aliphatic rings. The summed E-state index contributed by atoms with van der Waals surface area (Å²) in [4.78, 5) is 2.35. The summed E-state index contributed by atoms with van der Waals surface area (Å²) in [5.74, 6) is 1.64. The maximum Gasteiger partial charge on any atom is 0.120 e. The third kappa shape index (κ3) is 2.19. The summed E-state index contributed by atoms with van der Waals surface area (Å²) in [5.41, 5.74) is 7.39. The lowest BCUT2D eigenvalue weighted by Crippen LogP contribution is -2.54. The molecule has 0 bridgehead atoms. The molecule has 3 nitrogen and oxygen atoms in total. The number of benzene rings is 1. The molecule has 0 aromatic heterocycles. The van der Waals surface area contributed by atoms with Crippen molar-refractivity contribution in [1.82, 2.24) is 0 Å². The van der Waals surface area contributed by atoms with E-state index in [2.05, 4.69) is 31.0 Å². The molecule has 2 rings (SSSR count). The van der Waals surface area contributed by atoms with Gasteiger partial charge < -0.3 is 15.4 Å². The highest BCUT2D eigenvalue weighted by Gasteiger charge is 2.45. The van der Waals surface area contributed by atoms with Gasteiger partial charge in [0.05, 0.1) is 12.6 Å². The minimum atomic E-state index is 0.104. The number of nitrogens with zero attached hydrogens (tertiary/aromatic N) is 1. The highest BCUT2D eigenvalue weighted by Crippen LogP contribution is 2.45. The lowest BCUT2D eigenvalue weighted by molar-refractivity contribution is 0.348. The Morgan fingerprint density at radius 2 is 2.17 bits per heavy atom. The van der Waals surface area contributed by atoms with E-state index in [1.54, 1.807) is 7.11 Å². The molecular weight excluding hydrogens is 224 g/mol. The molecule has 1 saturated carbocycles. The second-order valence-corrected chi connectivity index (χ2v) is 5.20. The van der Waals surface area contributed by atoms with Crippen LogP contribution in [0.25, 0.3) is 0 Å². The highest BCUT2D eigenvalue weighted by atomic mass is 16.5. The van der Waals surface area contributed by atoms with Crippen LogP contribution >= 0.6 is 0 Å². The number of rotatable bonds is 6. The first-order valence-corrected chi connectivity index (χ1v) is 6.76. The maximum atomic E-state index is 6.10. The van der Waals surface area contributed by atoms with Crippen molar-refractivity contribution in [1.29, 1.82) is 0 Å². The summed E-state index contributed by atoms with van der Waals surface area (Å²) in [6.07, 6.45) is 3.70. The van der Waals surface area contributed by atoms with Crippen molar-refractivity contribution in [2.45, 2.75) is 31.7 Å². The Kier molecular flexibility index (Phi) is 3.81. The van der Waals surface area contributed by atoms with Gasteiger partial charge in [-0.1, -0.05) is 13.0 Å². The Balaban J connectivity index is 2.29. The van der Waals surface area contributed by atoms with Crippen molar-refractivity contribution >= 4 is 5.69 Å². The molecule has 0 heterocycles. The van der Waals surface area contributed by atoms with Gasteiger partial charge in [-0.2, -0.15) is 0 Å². The molecule has 0 amide bonds. The van der Waals surface area contributed by atoms with E-state index in [1.165, 1.54) is 18.5 Å². The quantitative estimate of drug-likeness (QED) is 0.841. The second-order valence-electron chi connectivity index (χ2n) is 5.20. The lowest BCUT2D eigenvalue weighted by Gasteiger charge is -2.43. The minimum Gasteiger partial charge on any atom is -0.497 e. The number of nitrogens with two attached hydrogens (primary N) is 1. The van der Waals surface area contributed by atoms with Crippen LogP contribution in [-0.4, -0.2) is 26.2 Å². The topological polar surface area (TPSA) is 38.5 Å². The van der Waals surface area contributed by atoms with E-state index in [9.17, 15) is 0 Å². The molecule has 100 valence electrons. The molecule has 3 heteroatoms. The molecule has 1 aromatic carbocycles. The Morgan fingerprint density at radius 1 is 1.44 bits per heavy atom. The number of methoxy groups -OCH3 is 1. The Bertz CT molecular complexity index is 397. The van der Waals surface area contributed by atoms with Crippen molar-refractivity contribution in [3.05, 3.63) is 24.3 Å². The van der Waals surface area contributed by atoms with E-state index in [-0.39, 0.29) is 5.54 Å². The molecule has 1 fully saturated rings. The molecule has 18 heavy (non-hydrogen) atoms. The fourth-order valence-electron chi connectivity index (χ4n) is 2.94. The molecular formula is C15H24N2O. The molecule has 1 aliphatic carbocycles. The molecule has 1 aromatic rings. The number of anilines is 1. The molecule has 1 unspecified atom stereocenters. The van der Waals surface area contributed by atoms with Crippen molar-refractivity contribution in [2.75, 3.05) is 25.6 Å². The van der Waals surface area contributed by atoms with Crippen LogP contribution < -0.4 is 15.4 Å². The van der Waals surface area contributed by atoms with Crippen molar-refractivity contribution in [3.8, 4) is 5.75 Å². The van der Waals surface area contributed by atoms with Gasteiger partial charge in [-0.25, -0.2) is 0 Å².